The third-order valence-corrected chi connectivity index (χ3v) is 6.56. The fourth-order valence-electron chi connectivity index (χ4n) is 4.59. The summed E-state index contributed by atoms with van der Waals surface area (Å²) >= 11 is 0. The number of carbonyl (C=O) groups is 2. The summed E-state index contributed by atoms with van der Waals surface area (Å²) in [7, 11) is 0. The molecule has 0 spiro atoms. The van der Waals surface area contributed by atoms with Crippen LogP contribution in [0.2, 0.25) is 0 Å². The van der Waals surface area contributed by atoms with Crippen LogP contribution in [0, 0.1) is 0 Å². The SMILES string of the molecule is CC(=O)c1ccc(N2CCN(CCCC(=O)c3ccc4c(c3)CCNCC4)CC2)cc1. The van der Waals surface area contributed by atoms with E-state index in [0.29, 0.717) is 6.42 Å². The minimum Gasteiger partial charge on any atom is -0.369 e. The van der Waals surface area contributed by atoms with Crippen molar-refractivity contribution in [1.29, 1.82) is 0 Å². The molecular formula is C26H33N3O2. The maximum atomic E-state index is 12.7. The van der Waals surface area contributed by atoms with Crippen molar-refractivity contribution in [2.24, 2.45) is 0 Å². The van der Waals surface area contributed by atoms with Gasteiger partial charge in [0.15, 0.2) is 11.6 Å². The molecule has 1 N–H and O–H groups in total. The lowest BCUT2D eigenvalue weighted by Crippen LogP contribution is -2.46. The van der Waals surface area contributed by atoms with Gasteiger partial charge < -0.3 is 10.2 Å². The maximum absolute atomic E-state index is 12.7. The molecule has 2 aromatic rings. The first-order valence-corrected chi connectivity index (χ1v) is 11.5. The molecule has 4 rings (SSSR count). The number of benzene rings is 2. The first-order chi connectivity index (χ1) is 15.1. The lowest BCUT2D eigenvalue weighted by atomic mass is 9.97. The van der Waals surface area contributed by atoms with E-state index >= 15 is 0 Å². The largest absolute Gasteiger partial charge is 0.369 e. The number of nitrogens with zero attached hydrogens (tertiary/aromatic N) is 2. The van der Waals surface area contributed by atoms with Gasteiger partial charge in [0.2, 0.25) is 0 Å². The normalized spacial score (nSPS) is 17.1. The fraction of sp³-hybridized carbons (Fsp3) is 0.462. The van der Waals surface area contributed by atoms with Gasteiger partial charge in [-0.1, -0.05) is 12.1 Å². The van der Waals surface area contributed by atoms with Crippen molar-refractivity contribution >= 4 is 17.3 Å². The van der Waals surface area contributed by atoms with Crippen molar-refractivity contribution in [3.8, 4) is 0 Å². The van der Waals surface area contributed by atoms with E-state index < -0.39 is 0 Å². The van der Waals surface area contributed by atoms with E-state index in [1.807, 2.05) is 30.3 Å². The van der Waals surface area contributed by atoms with Gasteiger partial charge in [0, 0.05) is 49.4 Å². The van der Waals surface area contributed by atoms with Crippen LogP contribution in [-0.4, -0.2) is 62.3 Å². The third kappa shape index (κ3) is 5.60. The number of carbonyl (C=O) groups excluding carboxylic acids is 2. The Kier molecular flexibility index (Phi) is 7.15. The molecule has 0 saturated carbocycles. The minimum absolute atomic E-state index is 0.105. The molecule has 2 heterocycles. The molecule has 2 aliphatic rings. The van der Waals surface area contributed by atoms with Crippen molar-refractivity contribution in [3.63, 3.8) is 0 Å². The van der Waals surface area contributed by atoms with Crippen LogP contribution in [0.25, 0.3) is 0 Å². The van der Waals surface area contributed by atoms with Gasteiger partial charge in [-0.3, -0.25) is 14.5 Å². The molecule has 0 aromatic heterocycles. The molecule has 5 nitrogen and oxygen atoms in total. The van der Waals surface area contributed by atoms with Crippen LogP contribution in [0.5, 0.6) is 0 Å². The molecule has 0 amide bonds. The van der Waals surface area contributed by atoms with Gasteiger partial charge >= 0.3 is 0 Å². The zero-order chi connectivity index (χ0) is 21.6. The molecule has 2 aliphatic heterocycles. The molecule has 31 heavy (non-hydrogen) atoms. The average Bonchev–Trinajstić information content (AvgIpc) is 3.04. The molecule has 164 valence electrons. The van der Waals surface area contributed by atoms with Crippen LogP contribution >= 0.6 is 0 Å². The molecule has 0 atom stereocenters. The molecule has 0 unspecified atom stereocenters. The highest BCUT2D eigenvalue weighted by molar-refractivity contribution is 5.96. The highest BCUT2D eigenvalue weighted by atomic mass is 16.1. The number of fused-ring (bicyclic) bond motifs is 1. The Labute approximate surface area is 185 Å². The monoisotopic (exact) mass is 419 g/mol. The van der Waals surface area contributed by atoms with E-state index in [2.05, 4.69) is 27.2 Å². The summed E-state index contributed by atoms with van der Waals surface area (Å²) in [6.45, 7) is 8.57. The molecule has 1 saturated heterocycles. The summed E-state index contributed by atoms with van der Waals surface area (Å²) in [6, 6.07) is 14.2. The number of hydrogen-bond acceptors (Lipinski definition) is 5. The van der Waals surface area contributed by atoms with Crippen molar-refractivity contribution in [2.45, 2.75) is 32.6 Å². The molecule has 1 fully saturated rings. The number of Topliss-reactive ketones (excluding diaryl/α,β-unsaturated/α-hetero) is 2. The predicted molar refractivity (Wildman–Crippen MR) is 125 cm³/mol. The molecule has 5 heteroatoms. The lowest BCUT2D eigenvalue weighted by molar-refractivity contribution is 0.0972. The van der Waals surface area contributed by atoms with Gasteiger partial charge in [-0.2, -0.15) is 0 Å². The first-order valence-electron chi connectivity index (χ1n) is 11.5. The number of rotatable bonds is 7. The van der Waals surface area contributed by atoms with Gasteiger partial charge in [-0.15, -0.1) is 0 Å². The van der Waals surface area contributed by atoms with Gasteiger partial charge in [0.1, 0.15) is 0 Å². The Balaban J connectivity index is 1.21. The van der Waals surface area contributed by atoms with Gasteiger partial charge in [0.05, 0.1) is 0 Å². The van der Waals surface area contributed by atoms with E-state index in [9.17, 15) is 9.59 Å². The fourth-order valence-corrected chi connectivity index (χ4v) is 4.59. The Morgan fingerprint density at radius 3 is 2.26 bits per heavy atom. The van der Waals surface area contributed by atoms with E-state index in [1.165, 1.54) is 16.8 Å². The van der Waals surface area contributed by atoms with Crippen molar-refractivity contribution in [1.82, 2.24) is 10.2 Å². The van der Waals surface area contributed by atoms with Gasteiger partial charge in [-0.25, -0.2) is 0 Å². The third-order valence-electron chi connectivity index (χ3n) is 6.56. The van der Waals surface area contributed by atoms with Crippen LogP contribution in [-0.2, 0) is 12.8 Å². The van der Waals surface area contributed by atoms with Crippen LogP contribution < -0.4 is 10.2 Å². The minimum atomic E-state index is 0.105. The van der Waals surface area contributed by atoms with E-state index in [4.69, 9.17) is 0 Å². The average molecular weight is 420 g/mol. The molecule has 2 aromatic carbocycles. The summed E-state index contributed by atoms with van der Waals surface area (Å²) in [5.74, 6) is 0.373. The van der Waals surface area contributed by atoms with Crippen molar-refractivity contribution in [3.05, 3.63) is 64.7 Å². The van der Waals surface area contributed by atoms with E-state index in [1.54, 1.807) is 6.92 Å². The molecular weight excluding hydrogens is 386 g/mol. The Morgan fingerprint density at radius 1 is 0.871 bits per heavy atom. The van der Waals surface area contributed by atoms with Gasteiger partial charge in [-0.05, 0) is 87.3 Å². The summed E-state index contributed by atoms with van der Waals surface area (Å²) < 4.78 is 0. The van der Waals surface area contributed by atoms with Crippen LogP contribution in [0.4, 0.5) is 5.69 Å². The van der Waals surface area contributed by atoms with Crippen molar-refractivity contribution < 1.29 is 9.59 Å². The number of ketones is 2. The summed E-state index contributed by atoms with van der Waals surface area (Å²) in [5, 5.41) is 3.43. The van der Waals surface area contributed by atoms with E-state index in [0.717, 1.165) is 76.2 Å². The second kappa shape index (κ2) is 10.2. The Bertz CT molecular complexity index is 915. The number of anilines is 1. The predicted octanol–water partition coefficient (Wildman–Crippen LogP) is 3.36. The number of nitrogens with one attached hydrogen (secondary N) is 1. The summed E-state index contributed by atoms with van der Waals surface area (Å²) in [4.78, 5) is 29.0. The quantitative estimate of drug-likeness (QED) is 0.698. The van der Waals surface area contributed by atoms with Crippen LogP contribution in [0.1, 0.15) is 51.6 Å². The molecule has 0 bridgehead atoms. The van der Waals surface area contributed by atoms with Crippen LogP contribution in [0.15, 0.2) is 42.5 Å². The second-order valence-corrected chi connectivity index (χ2v) is 8.69. The smallest absolute Gasteiger partial charge is 0.162 e. The second-order valence-electron chi connectivity index (χ2n) is 8.69. The first kappa shape index (κ1) is 21.7. The zero-order valence-corrected chi connectivity index (χ0v) is 18.5. The van der Waals surface area contributed by atoms with Crippen molar-refractivity contribution in [2.75, 3.05) is 50.7 Å². The summed E-state index contributed by atoms with van der Waals surface area (Å²) in [6.07, 6.45) is 3.59. The highest BCUT2D eigenvalue weighted by Gasteiger charge is 2.18. The number of hydrogen-bond donors (Lipinski definition) is 1. The zero-order valence-electron chi connectivity index (χ0n) is 18.5. The number of piperazine rings is 1. The van der Waals surface area contributed by atoms with Crippen LogP contribution in [0.3, 0.4) is 0 Å². The Morgan fingerprint density at radius 2 is 1.55 bits per heavy atom. The van der Waals surface area contributed by atoms with E-state index in [-0.39, 0.29) is 11.6 Å². The highest BCUT2D eigenvalue weighted by Crippen LogP contribution is 2.19. The standard InChI is InChI=1S/C26H33N3O2/c1-20(30)21-6-8-25(9-7-21)29-17-15-28(16-18-29)14-2-3-26(31)24-5-4-22-10-12-27-13-11-23(22)19-24/h4-9,19,27H,2-3,10-18H2,1H3. The lowest BCUT2D eigenvalue weighted by Gasteiger charge is -2.36. The topological polar surface area (TPSA) is 52.7 Å². The Hall–Kier alpha value is -2.50. The summed E-state index contributed by atoms with van der Waals surface area (Å²) in [5.41, 5.74) is 5.54. The molecule has 0 aliphatic carbocycles. The molecule has 0 radical (unpaired) electrons. The van der Waals surface area contributed by atoms with Gasteiger partial charge in [0.25, 0.3) is 0 Å². The maximum Gasteiger partial charge on any atom is 0.162 e.